The maximum atomic E-state index is 12.7. The Balaban J connectivity index is 1.64. The van der Waals surface area contributed by atoms with E-state index >= 15 is 0 Å². The highest BCUT2D eigenvalue weighted by atomic mass is 16.2. The highest BCUT2D eigenvalue weighted by molar-refractivity contribution is 5.76. The second kappa shape index (κ2) is 7.46. The second-order valence-corrected chi connectivity index (χ2v) is 7.20. The van der Waals surface area contributed by atoms with E-state index in [0.29, 0.717) is 11.5 Å². The highest BCUT2D eigenvalue weighted by Crippen LogP contribution is 2.24. The third-order valence-electron chi connectivity index (χ3n) is 5.23. The van der Waals surface area contributed by atoms with Crippen LogP contribution < -0.4 is 15.9 Å². The van der Waals surface area contributed by atoms with Gasteiger partial charge in [-0.3, -0.25) is 4.79 Å². The molecule has 0 saturated heterocycles. The van der Waals surface area contributed by atoms with Gasteiger partial charge in [0, 0.05) is 31.5 Å². The number of hydrogen-bond donors (Lipinski definition) is 1. The first-order valence-corrected chi connectivity index (χ1v) is 9.62. The number of carbonyl (C=O) groups is 1. The molecule has 28 heavy (non-hydrogen) atoms. The van der Waals surface area contributed by atoms with E-state index in [1.165, 1.54) is 20.2 Å². The number of hydrogen-bond acceptors (Lipinski definition) is 5. The van der Waals surface area contributed by atoms with Crippen LogP contribution in [0.1, 0.15) is 31.4 Å². The lowest BCUT2D eigenvalue weighted by molar-refractivity contribution is -0.122. The molecule has 0 aliphatic carbocycles. The maximum absolute atomic E-state index is 12.7. The van der Waals surface area contributed by atoms with Crippen molar-refractivity contribution >= 4 is 17.4 Å². The molecule has 0 bridgehead atoms. The van der Waals surface area contributed by atoms with Crippen LogP contribution >= 0.6 is 0 Å². The summed E-state index contributed by atoms with van der Waals surface area (Å²) >= 11 is 0. The average molecular weight is 380 g/mol. The summed E-state index contributed by atoms with van der Waals surface area (Å²) in [5.74, 6) is 0.441. The van der Waals surface area contributed by atoms with E-state index in [4.69, 9.17) is 0 Å². The molecule has 0 radical (unpaired) electrons. The number of amides is 1. The summed E-state index contributed by atoms with van der Waals surface area (Å²) in [7, 11) is 0. The Labute approximate surface area is 162 Å². The molecule has 1 atom stereocenters. The van der Waals surface area contributed by atoms with Gasteiger partial charge in [-0.15, -0.1) is 5.10 Å². The van der Waals surface area contributed by atoms with Crippen LogP contribution in [0, 0.1) is 0 Å². The lowest BCUT2D eigenvalue weighted by Crippen LogP contribution is -2.37. The van der Waals surface area contributed by atoms with Crippen molar-refractivity contribution in [1.82, 2.24) is 24.5 Å². The van der Waals surface area contributed by atoms with Gasteiger partial charge in [-0.05, 0) is 30.9 Å². The zero-order chi connectivity index (χ0) is 19.7. The van der Waals surface area contributed by atoms with Crippen molar-refractivity contribution in [2.24, 2.45) is 0 Å². The molecule has 8 heteroatoms. The predicted octanol–water partition coefficient (Wildman–Crippen LogP) is 1.37. The normalized spacial score (nSPS) is 14.7. The number of benzene rings is 1. The molecule has 0 fully saturated rings. The average Bonchev–Trinajstić information content (AvgIpc) is 3.03. The van der Waals surface area contributed by atoms with Crippen molar-refractivity contribution < 1.29 is 4.79 Å². The molecule has 3 heterocycles. The third kappa shape index (κ3) is 3.37. The van der Waals surface area contributed by atoms with E-state index in [1.807, 2.05) is 19.9 Å². The molecule has 1 aliphatic rings. The molecule has 1 amide bonds. The lowest BCUT2D eigenvalue weighted by atomic mass is 10.00. The molecule has 1 aromatic carbocycles. The molecule has 0 saturated carbocycles. The maximum Gasteiger partial charge on any atom is 0.350 e. The van der Waals surface area contributed by atoms with Gasteiger partial charge in [0.05, 0.1) is 0 Å². The molecule has 1 N–H and O–H groups in total. The fourth-order valence-corrected chi connectivity index (χ4v) is 3.50. The van der Waals surface area contributed by atoms with Crippen molar-refractivity contribution in [2.45, 2.75) is 45.8 Å². The van der Waals surface area contributed by atoms with Crippen LogP contribution in [0.15, 0.2) is 41.5 Å². The van der Waals surface area contributed by atoms with Crippen LogP contribution in [0.5, 0.6) is 0 Å². The van der Waals surface area contributed by atoms with Gasteiger partial charge in [0.25, 0.3) is 0 Å². The predicted molar refractivity (Wildman–Crippen MR) is 106 cm³/mol. The summed E-state index contributed by atoms with van der Waals surface area (Å²) in [4.78, 5) is 31.5. The fraction of sp³-hybridized carbons (Fsp3) is 0.400. The van der Waals surface area contributed by atoms with Crippen molar-refractivity contribution in [2.75, 3.05) is 11.4 Å². The minimum Gasteiger partial charge on any atom is -0.352 e. The number of rotatable bonds is 5. The van der Waals surface area contributed by atoms with E-state index in [0.717, 1.165) is 25.9 Å². The second-order valence-electron chi connectivity index (χ2n) is 7.20. The first kappa shape index (κ1) is 18.2. The summed E-state index contributed by atoms with van der Waals surface area (Å²) < 4.78 is 2.66. The fourth-order valence-electron chi connectivity index (χ4n) is 3.50. The summed E-state index contributed by atoms with van der Waals surface area (Å²) in [6.45, 7) is 5.35. The van der Waals surface area contributed by atoms with Gasteiger partial charge >= 0.3 is 5.69 Å². The van der Waals surface area contributed by atoms with Crippen LogP contribution in [0.25, 0.3) is 5.65 Å². The van der Waals surface area contributed by atoms with Crippen molar-refractivity contribution in [1.29, 1.82) is 0 Å². The van der Waals surface area contributed by atoms with Crippen molar-refractivity contribution in [3.63, 3.8) is 0 Å². The number of anilines is 1. The lowest BCUT2D eigenvalue weighted by Gasteiger charge is -2.29. The van der Waals surface area contributed by atoms with Gasteiger partial charge in [0.15, 0.2) is 5.82 Å². The molecular formula is C20H24N6O2. The summed E-state index contributed by atoms with van der Waals surface area (Å²) in [5.41, 5.74) is 2.74. The van der Waals surface area contributed by atoms with E-state index in [1.54, 1.807) is 12.4 Å². The zero-order valence-corrected chi connectivity index (χ0v) is 16.1. The van der Waals surface area contributed by atoms with Gasteiger partial charge < -0.3 is 10.2 Å². The zero-order valence-electron chi connectivity index (χ0n) is 16.1. The topological polar surface area (TPSA) is 84.5 Å². The Morgan fingerprint density at radius 1 is 1.29 bits per heavy atom. The Morgan fingerprint density at radius 3 is 2.86 bits per heavy atom. The Bertz CT molecular complexity index is 1070. The van der Waals surface area contributed by atoms with Gasteiger partial charge in [0.1, 0.15) is 6.54 Å². The summed E-state index contributed by atoms with van der Waals surface area (Å²) in [5, 5.41) is 7.28. The number of aromatic nitrogens is 4. The molecule has 2 aromatic heterocycles. The molecule has 8 nitrogen and oxygen atoms in total. The summed E-state index contributed by atoms with van der Waals surface area (Å²) in [6, 6.07) is 8.41. The van der Waals surface area contributed by atoms with Gasteiger partial charge in [-0.25, -0.2) is 18.9 Å². The largest absolute Gasteiger partial charge is 0.352 e. The van der Waals surface area contributed by atoms with Crippen LogP contribution in [0.2, 0.25) is 0 Å². The highest BCUT2D eigenvalue weighted by Gasteiger charge is 2.22. The van der Waals surface area contributed by atoms with Crippen LogP contribution in [-0.2, 0) is 24.3 Å². The molecule has 0 spiro atoms. The van der Waals surface area contributed by atoms with E-state index in [9.17, 15) is 9.59 Å². The van der Waals surface area contributed by atoms with Gasteiger partial charge in [0.2, 0.25) is 11.6 Å². The standard InChI is InChI=1S/C20H24N6O2/c1-3-14(2)22-17(27)13-26-20(28)25-11-9-21-18(19(25)23-26)24-10-8-15-6-4-5-7-16(15)12-24/h4-7,9,11,14H,3,8,10,12-13H2,1-2H3,(H,22,27). The van der Waals surface area contributed by atoms with E-state index in [2.05, 4.69) is 38.5 Å². The Hall–Kier alpha value is -3.16. The first-order chi connectivity index (χ1) is 13.6. The van der Waals surface area contributed by atoms with Crippen LogP contribution in [-0.4, -0.2) is 37.7 Å². The number of fused-ring (bicyclic) bond motifs is 2. The Morgan fingerprint density at radius 2 is 2.07 bits per heavy atom. The minimum absolute atomic E-state index is 0.0610. The molecule has 1 aliphatic heterocycles. The molecule has 146 valence electrons. The minimum atomic E-state index is -0.338. The quantitative estimate of drug-likeness (QED) is 0.723. The van der Waals surface area contributed by atoms with E-state index < -0.39 is 0 Å². The SMILES string of the molecule is CCC(C)NC(=O)Cn1nc2c(N3CCc4ccccc4C3)nccn2c1=O. The van der Waals surface area contributed by atoms with Gasteiger partial charge in [-0.2, -0.15) is 0 Å². The molecule has 1 unspecified atom stereocenters. The Kier molecular flexibility index (Phi) is 4.85. The number of nitrogens with one attached hydrogen (secondary N) is 1. The smallest absolute Gasteiger partial charge is 0.350 e. The third-order valence-corrected chi connectivity index (χ3v) is 5.23. The molecule has 4 rings (SSSR count). The van der Waals surface area contributed by atoms with E-state index in [-0.39, 0.29) is 24.2 Å². The van der Waals surface area contributed by atoms with Gasteiger partial charge in [-0.1, -0.05) is 31.2 Å². The van der Waals surface area contributed by atoms with Crippen molar-refractivity contribution in [3.8, 4) is 0 Å². The first-order valence-electron chi connectivity index (χ1n) is 9.62. The number of nitrogens with zero attached hydrogens (tertiary/aromatic N) is 5. The van der Waals surface area contributed by atoms with Crippen LogP contribution in [0.4, 0.5) is 5.82 Å². The molecular weight excluding hydrogens is 356 g/mol. The monoisotopic (exact) mass is 380 g/mol. The van der Waals surface area contributed by atoms with Crippen molar-refractivity contribution in [3.05, 3.63) is 58.3 Å². The van der Waals surface area contributed by atoms with Crippen LogP contribution in [0.3, 0.4) is 0 Å². The molecule has 3 aromatic rings. The number of carbonyl (C=O) groups excluding carboxylic acids is 1. The summed E-state index contributed by atoms with van der Waals surface area (Å²) in [6.07, 6.45) is 4.95.